The average Bonchev–Trinajstić information content (AvgIpc) is 2.90. The fraction of sp³-hybridized carbons (Fsp3) is 0.882. The molecule has 0 aromatic heterocycles. The van der Waals surface area contributed by atoms with Crippen molar-refractivity contribution in [2.24, 2.45) is 11.1 Å². The summed E-state index contributed by atoms with van der Waals surface area (Å²) in [6.07, 6.45) is 18.7. The van der Waals surface area contributed by atoms with E-state index in [0.717, 1.165) is 19.4 Å². The van der Waals surface area contributed by atoms with E-state index in [1.165, 1.54) is 51.4 Å². The molecule has 0 amide bonds. The topological polar surface area (TPSA) is 38.0 Å². The van der Waals surface area contributed by atoms with E-state index in [9.17, 15) is 0 Å². The largest absolute Gasteiger partial charge is 0.329 e. The van der Waals surface area contributed by atoms with E-state index in [-0.39, 0.29) is 11.6 Å². The highest BCUT2D eigenvalue weighted by Crippen LogP contribution is 2.51. The van der Waals surface area contributed by atoms with Crippen molar-refractivity contribution in [1.29, 1.82) is 0 Å². The molecule has 19 heavy (non-hydrogen) atoms. The summed E-state index contributed by atoms with van der Waals surface area (Å²) >= 11 is 0. The Kier molecular flexibility index (Phi) is 4.92. The van der Waals surface area contributed by atoms with Crippen LogP contribution in [0.25, 0.3) is 0 Å². The van der Waals surface area contributed by atoms with Gasteiger partial charge in [-0.2, -0.15) is 0 Å². The lowest BCUT2D eigenvalue weighted by Gasteiger charge is -2.46. The molecule has 0 radical (unpaired) electrons. The van der Waals surface area contributed by atoms with Crippen molar-refractivity contribution < 1.29 is 0 Å². The summed E-state index contributed by atoms with van der Waals surface area (Å²) in [5.74, 6) is 2.90. The van der Waals surface area contributed by atoms with E-state index in [0.29, 0.717) is 5.41 Å². The molecule has 2 heteroatoms. The molecule has 1 unspecified atom stereocenters. The number of nitrogens with two attached hydrogens (primary N) is 1. The van der Waals surface area contributed by atoms with Gasteiger partial charge in [0.2, 0.25) is 0 Å². The highest BCUT2D eigenvalue weighted by molar-refractivity contribution is 5.07. The zero-order valence-electron chi connectivity index (χ0n) is 12.5. The molecule has 0 aromatic carbocycles. The van der Waals surface area contributed by atoms with Crippen LogP contribution in [0, 0.1) is 17.8 Å². The van der Waals surface area contributed by atoms with E-state index in [2.05, 4.69) is 18.2 Å². The summed E-state index contributed by atoms with van der Waals surface area (Å²) in [5, 5.41) is 3.71. The molecule has 2 rings (SSSR count). The normalized spacial score (nSPS) is 26.2. The molecule has 0 saturated heterocycles. The SMILES string of the molecule is C#CC(CCC)NC1(CN)CCC2(CCCC2)CC1. The first-order valence-corrected chi connectivity index (χ1v) is 8.11. The van der Waals surface area contributed by atoms with Gasteiger partial charge in [-0.05, 0) is 50.4 Å². The predicted molar refractivity (Wildman–Crippen MR) is 81.8 cm³/mol. The molecule has 1 atom stereocenters. The van der Waals surface area contributed by atoms with Crippen LogP contribution in [0.3, 0.4) is 0 Å². The second kappa shape index (κ2) is 6.29. The molecule has 0 heterocycles. The van der Waals surface area contributed by atoms with Gasteiger partial charge in [0.1, 0.15) is 0 Å². The van der Waals surface area contributed by atoms with Gasteiger partial charge in [0.05, 0.1) is 6.04 Å². The Labute approximate surface area is 118 Å². The molecular formula is C17H30N2. The number of terminal acetylenes is 1. The van der Waals surface area contributed by atoms with E-state index in [4.69, 9.17) is 12.2 Å². The third-order valence-corrected chi connectivity index (χ3v) is 5.58. The van der Waals surface area contributed by atoms with Crippen molar-refractivity contribution >= 4 is 0 Å². The van der Waals surface area contributed by atoms with Gasteiger partial charge in [0.15, 0.2) is 0 Å². The zero-order chi connectivity index (χ0) is 13.8. The Bertz CT molecular complexity index is 313. The standard InChI is InChI=1S/C17H30N2/c1-3-7-15(4-2)19-17(14-18)12-10-16(11-13-17)8-5-6-9-16/h2,15,19H,3,5-14,18H2,1H3. The molecule has 1 spiro atoms. The molecule has 2 nitrogen and oxygen atoms in total. The van der Waals surface area contributed by atoms with Crippen molar-refractivity contribution in [1.82, 2.24) is 5.32 Å². The van der Waals surface area contributed by atoms with Crippen LogP contribution in [0.1, 0.15) is 71.1 Å². The number of rotatable bonds is 5. The Morgan fingerprint density at radius 3 is 2.26 bits per heavy atom. The van der Waals surface area contributed by atoms with Crippen molar-refractivity contribution in [3.63, 3.8) is 0 Å². The monoisotopic (exact) mass is 262 g/mol. The maximum atomic E-state index is 6.09. The fourth-order valence-electron chi connectivity index (χ4n) is 4.15. The van der Waals surface area contributed by atoms with Gasteiger partial charge in [-0.25, -0.2) is 0 Å². The summed E-state index contributed by atoms with van der Waals surface area (Å²) in [4.78, 5) is 0. The highest BCUT2D eigenvalue weighted by Gasteiger charge is 2.43. The van der Waals surface area contributed by atoms with Crippen LogP contribution in [0.5, 0.6) is 0 Å². The molecule has 2 saturated carbocycles. The van der Waals surface area contributed by atoms with Gasteiger partial charge in [0, 0.05) is 12.1 Å². The third kappa shape index (κ3) is 3.33. The Morgan fingerprint density at radius 2 is 1.79 bits per heavy atom. The summed E-state index contributed by atoms with van der Waals surface area (Å²) < 4.78 is 0. The predicted octanol–water partition coefficient (Wildman–Crippen LogP) is 3.21. The molecule has 0 aromatic rings. The van der Waals surface area contributed by atoms with Crippen molar-refractivity contribution in [2.75, 3.05) is 6.54 Å². The van der Waals surface area contributed by atoms with E-state index in [1.54, 1.807) is 0 Å². The molecule has 2 fully saturated rings. The van der Waals surface area contributed by atoms with Crippen molar-refractivity contribution in [3.05, 3.63) is 0 Å². The minimum Gasteiger partial charge on any atom is -0.329 e. The van der Waals surface area contributed by atoms with Crippen LogP contribution >= 0.6 is 0 Å². The van der Waals surface area contributed by atoms with Crippen LogP contribution in [0.15, 0.2) is 0 Å². The lowest BCUT2D eigenvalue weighted by molar-refractivity contribution is 0.109. The summed E-state index contributed by atoms with van der Waals surface area (Å²) in [6, 6.07) is 0.200. The van der Waals surface area contributed by atoms with Crippen LogP contribution < -0.4 is 11.1 Å². The van der Waals surface area contributed by atoms with Crippen molar-refractivity contribution in [2.45, 2.75) is 82.7 Å². The smallest absolute Gasteiger partial charge is 0.0691 e. The quantitative estimate of drug-likeness (QED) is 0.747. The van der Waals surface area contributed by atoms with Crippen molar-refractivity contribution in [3.8, 4) is 12.3 Å². The van der Waals surface area contributed by atoms with Gasteiger partial charge in [-0.3, -0.25) is 5.32 Å². The molecule has 0 aliphatic heterocycles. The lowest BCUT2D eigenvalue weighted by atomic mass is 9.66. The van der Waals surface area contributed by atoms with Crippen LogP contribution in [-0.2, 0) is 0 Å². The second-order valence-corrected chi connectivity index (χ2v) is 6.84. The van der Waals surface area contributed by atoms with Gasteiger partial charge in [0.25, 0.3) is 0 Å². The van der Waals surface area contributed by atoms with Gasteiger partial charge in [-0.1, -0.05) is 32.1 Å². The van der Waals surface area contributed by atoms with E-state index >= 15 is 0 Å². The Morgan fingerprint density at radius 1 is 1.16 bits per heavy atom. The van der Waals surface area contributed by atoms with Crippen LogP contribution in [0.2, 0.25) is 0 Å². The summed E-state index contributed by atoms with van der Waals surface area (Å²) in [6.45, 7) is 2.92. The first kappa shape index (κ1) is 14.9. The third-order valence-electron chi connectivity index (χ3n) is 5.58. The van der Waals surface area contributed by atoms with Gasteiger partial charge in [-0.15, -0.1) is 6.42 Å². The minimum atomic E-state index is 0.111. The fourth-order valence-corrected chi connectivity index (χ4v) is 4.15. The van der Waals surface area contributed by atoms with Gasteiger partial charge >= 0.3 is 0 Å². The van der Waals surface area contributed by atoms with Crippen LogP contribution in [0.4, 0.5) is 0 Å². The number of nitrogens with one attached hydrogen (secondary N) is 1. The molecule has 3 N–H and O–H groups in total. The number of hydrogen-bond acceptors (Lipinski definition) is 2. The maximum absolute atomic E-state index is 6.09. The second-order valence-electron chi connectivity index (χ2n) is 6.84. The lowest BCUT2D eigenvalue weighted by Crippen LogP contribution is -2.57. The maximum Gasteiger partial charge on any atom is 0.0691 e. The highest BCUT2D eigenvalue weighted by atomic mass is 15.0. The zero-order valence-corrected chi connectivity index (χ0v) is 12.5. The summed E-state index contributed by atoms with van der Waals surface area (Å²) in [7, 11) is 0. The van der Waals surface area contributed by atoms with Crippen LogP contribution in [-0.4, -0.2) is 18.1 Å². The molecule has 2 aliphatic rings. The molecular weight excluding hydrogens is 232 g/mol. The Hall–Kier alpha value is -0.520. The first-order chi connectivity index (χ1) is 9.17. The number of hydrogen-bond donors (Lipinski definition) is 2. The first-order valence-electron chi connectivity index (χ1n) is 8.11. The minimum absolute atomic E-state index is 0.111. The average molecular weight is 262 g/mol. The summed E-state index contributed by atoms with van der Waals surface area (Å²) in [5.41, 5.74) is 6.87. The Balaban J connectivity index is 1.95. The van der Waals surface area contributed by atoms with E-state index in [1.807, 2.05) is 0 Å². The van der Waals surface area contributed by atoms with Gasteiger partial charge < -0.3 is 5.73 Å². The van der Waals surface area contributed by atoms with E-state index < -0.39 is 0 Å². The molecule has 0 bridgehead atoms. The molecule has 108 valence electrons. The molecule has 2 aliphatic carbocycles.